The molecule has 0 bridgehead atoms. The van der Waals surface area contributed by atoms with Crippen LogP contribution in [-0.4, -0.2) is 43.0 Å². The minimum atomic E-state index is 0.112. The van der Waals surface area contributed by atoms with E-state index < -0.39 is 0 Å². The molecule has 18 heavy (non-hydrogen) atoms. The highest BCUT2D eigenvalue weighted by Crippen LogP contribution is 2.22. The molecule has 1 aliphatic heterocycles. The van der Waals surface area contributed by atoms with Gasteiger partial charge < -0.3 is 15.5 Å². The molecule has 1 atom stereocenters. The lowest BCUT2D eigenvalue weighted by Gasteiger charge is -2.35. The first-order valence-electron chi connectivity index (χ1n) is 6.48. The van der Waals surface area contributed by atoms with Crippen molar-refractivity contribution in [1.82, 2.24) is 4.90 Å². The predicted molar refractivity (Wildman–Crippen MR) is 76.0 cm³/mol. The monoisotopic (exact) mass is 267 g/mol. The summed E-state index contributed by atoms with van der Waals surface area (Å²) in [5.74, 6) is 0.248. The molecule has 1 amide bonds. The smallest absolute Gasteiger partial charge is 0.222 e. The molecule has 2 rings (SSSR count). The van der Waals surface area contributed by atoms with E-state index in [4.69, 9.17) is 5.73 Å². The van der Waals surface area contributed by atoms with E-state index in [1.54, 1.807) is 11.3 Å². The molecule has 0 spiro atoms. The van der Waals surface area contributed by atoms with Crippen LogP contribution in [0.5, 0.6) is 0 Å². The number of hydrogen-bond acceptors (Lipinski definition) is 4. The first-order chi connectivity index (χ1) is 8.66. The number of thiophene rings is 1. The Hall–Kier alpha value is -1.07. The summed E-state index contributed by atoms with van der Waals surface area (Å²) in [7, 11) is 0. The van der Waals surface area contributed by atoms with Crippen molar-refractivity contribution in [2.45, 2.75) is 25.8 Å². The molecule has 1 aliphatic rings. The number of carbonyl (C=O) groups excluding carboxylic acids is 1. The lowest BCUT2D eigenvalue weighted by molar-refractivity contribution is -0.131. The number of amides is 1. The molecule has 100 valence electrons. The summed E-state index contributed by atoms with van der Waals surface area (Å²) < 4.78 is 0. The Morgan fingerprint density at radius 3 is 2.72 bits per heavy atom. The topological polar surface area (TPSA) is 49.6 Å². The van der Waals surface area contributed by atoms with Gasteiger partial charge in [0, 0.05) is 38.6 Å². The van der Waals surface area contributed by atoms with Crippen LogP contribution in [0.25, 0.3) is 0 Å². The maximum absolute atomic E-state index is 12.0. The Morgan fingerprint density at radius 1 is 1.44 bits per heavy atom. The number of nitrogens with two attached hydrogens (primary N) is 1. The summed E-state index contributed by atoms with van der Waals surface area (Å²) in [6.45, 7) is 5.47. The zero-order valence-electron chi connectivity index (χ0n) is 10.8. The molecular weight excluding hydrogens is 246 g/mol. The van der Waals surface area contributed by atoms with E-state index in [2.05, 4.69) is 22.4 Å². The van der Waals surface area contributed by atoms with Crippen molar-refractivity contribution in [3.63, 3.8) is 0 Å². The van der Waals surface area contributed by atoms with Crippen LogP contribution in [0.4, 0.5) is 5.00 Å². The molecule has 5 heteroatoms. The van der Waals surface area contributed by atoms with Crippen LogP contribution in [-0.2, 0) is 4.79 Å². The molecule has 0 saturated carbocycles. The Bertz CT molecular complexity index is 370. The summed E-state index contributed by atoms with van der Waals surface area (Å²) in [4.78, 5) is 16.3. The van der Waals surface area contributed by atoms with E-state index in [-0.39, 0.29) is 11.9 Å². The predicted octanol–water partition coefficient (Wildman–Crippen LogP) is 1.52. The lowest BCUT2D eigenvalue weighted by Crippen LogP contribution is -2.48. The summed E-state index contributed by atoms with van der Waals surface area (Å²) in [6.07, 6.45) is 1.36. The first kappa shape index (κ1) is 13.4. The second kappa shape index (κ2) is 6.20. The summed E-state index contributed by atoms with van der Waals surface area (Å²) in [5, 5.41) is 3.40. The summed E-state index contributed by atoms with van der Waals surface area (Å²) >= 11 is 1.76. The van der Waals surface area contributed by atoms with E-state index in [0.717, 1.165) is 32.6 Å². The van der Waals surface area contributed by atoms with Gasteiger partial charge in [-0.2, -0.15) is 0 Å². The highest BCUT2D eigenvalue weighted by molar-refractivity contribution is 7.14. The average Bonchev–Trinajstić information content (AvgIpc) is 2.90. The zero-order valence-corrected chi connectivity index (χ0v) is 11.7. The maximum atomic E-state index is 12.0. The molecule has 4 nitrogen and oxygen atoms in total. The molecule has 0 aromatic carbocycles. The number of nitrogens with zero attached hydrogens (tertiary/aromatic N) is 2. The molecule has 2 N–H and O–H groups in total. The fourth-order valence-electron chi connectivity index (χ4n) is 2.14. The van der Waals surface area contributed by atoms with E-state index in [1.807, 2.05) is 11.8 Å². The molecule has 0 aliphatic carbocycles. The fourth-order valence-corrected chi connectivity index (χ4v) is 2.92. The molecular formula is C13H21N3OS. The minimum Gasteiger partial charge on any atom is -0.360 e. The Morgan fingerprint density at radius 2 is 2.17 bits per heavy atom. The quantitative estimate of drug-likeness (QED) is 0.900. The number of anilines is 1. The average molecular weight is 267 g/mol. The van der Waals surface area contributed by atoms with Crippen molar-refractivity contribution >= 4 is 22.2 Å². The molecule has 2 heterocycles. The lowest BCUT2D eigenvalue weighted by atomic mass is 10.1. The molecule has 1 saturated heterocycles. The van der Waals surface area contributed by atoms with Crippen molar-refractivity contribution in [2.75, 3.05) is 31.1 Å². The fraction of sp³-hybridized carbons (Fsp3) is 0.615. The summed E-state index contributed by atoms with van der Waals surface area (Å²) in [6, 6.07) is 4.32. The molecule has 0 radical (unpaired) electrons. The van der Waals surface area contributed by atoms with Gasteiger partial charge in [-0.3, -0.25) is 4.79 Å². The van der Waals surface area contributed by atoms with Gasteiger partial charge in [-0.05, 0) is 30.9 Å². The Labute approximate surface area is 112 Å². The van der Waals surface area contributed by atoms with Crippen LogP contribution in [0.3, 0.4) is 0 Å². The molecule has 1 fully saturated rings. The van der Waals surface area contributed by atoms with Crippen LogP contribution in [0, 0.1) is 0 Å². The van der Waals surface area contributed by atoms with Gasteiger partial charge in [-0.1, -0.05) is 0 Å². The molecule has 1 aromatic heterocycles. The van der Waals surface area contributed by atoms with Crippen molar-refractivity contribution < 1.29 is 4.79 Å². The number of carbonyl (C=O) groups is 1. The highest BCUT2D eigenvalue weighted by atomic mass is 32.1. The minimum absolute atomic E-state index is 0.112. The van der Waals surface area contributed by atoms with E-state index in [0.29, 0.717) is 6.42 Å². The molecule has 1 unspecified atom stereocenters. The van der Waals surface area contributed by atoms with Crippen molar-refractivity contribution in [1.29, 1.82) is 0 Å². The number of rotatable bonds is 4. The highest BCUT2D eigenvalue weighted by Gasteiger charge is 2.21. The standard InChI is InChI=1S/C13H21N3OS/c1-11(14)4-5-12(17)15-6-8-16(9-7-15)13-3-2-10-18-13/h2-3,10-11H,4-9,14H2,1H3. The molecule has 1 aromatic rings. The third-order valence-corrected chi connectivity index (χ3v) is 4.19. The van der Waals surface area contributed by atoms with Crippen molar-refractivity contribution in [3.8, 4) is 0 Å². The van der Waals surface area contributed by atoms with Crippen LogP contribution in [0.15, 0.2) is 17.5 Å². The Balaban J connectivity index is 1.78. The van der Waals surface area contributed by atoms with Gasteiger partial charge in [-0.25, -0.2) is 0 Å². The normalized spacial score (nSPS) is 17.9. The third-order valence-electron chi connectivity index (χ3n) is 3.26. The number of piperazine rings is 1. The van der Waals surface area contributed by atoms with E-state index in [9.17, 15) is 4.79 Å². The first-order valence-corrected chi connectivity index (χ1v) is 7.36. The van der Waals surface area contributed by atoms with Crippen LogP contribution in [0.2, 0.25) is 0 Å². The van der Waals surface area contributed by atoms with Gasteiger partial charge in [0.2, 0.25) is 5.91 Å². The van der Waals surface area contributed by atoms with Gasteiger partial charge >= 0.3 is 0 Å². The van der Waals surface area contributed by atoms with Crippen LogP contribution >= 0.6 is 11.3 Å². The van der Waals surface area contributed by atoms with Gasteiger partial charge in [0.15, 0.2) is 0 Å². The van der Waals surface area contributed by atoms with Gasteiger partial charge in [0.25, 0.3) is 0 Å². The summed E-state index contributed by atoms with van der Waals surface area (Å²) in [5.41, 5.74) is 5.68. The van der Waals surface area contributed by atoms with Crippen LogP contribution in [0.1, 0.15) is 19.8 Å². The van der Waals surface area contributed by atoms with Crippen molar-refractivity contribution in [3.05, 3.63) is 17.5 Å². The second-order valence-electron chi connectivity index (χ2n) is 4.84. The Kier molecular flexibility index (Phi) is 4.60. The zero-order chi connectivity index (χ0) is 13.0. The number of hydrogen-bond donors (Lipinski definition) is 1. The van der Waals surface area contributed by atoms with E-state index in [1.165, 1.54) is 5.00 Å². The van der Waals surface area contributed by atoms with Crippen molar-refractivity contribution in [2.24, 2.45) is 5.73 Å². The second-order valence-corrected chi connectivity index (χ2v) is 5.76. The SMILES string of the molecule is CC(N)CCC(=O)N1CCN(c2cccs2)CC1. The van der Waals surface area contributed by atoms with Gasteiger partial charge in [-0.15, -0.1) is 11.3 Å². The van der Waals surface area contributed by atoms with Gasteiger partial charge in [0.1, 0.15) is 0 Å². The van der Waals surface area contributed by atoms with E-state index >= 15 is 0 Å². The van der Waals surface area contributed by atoms with Gasteiger partial charge in [0.05, 0.1) is 5.00 Å². The third kappa shape index (κ3) is 3.46. The largest absolute Gasteiger partial charge is 0.360 e. The maximum Gasteiger partial charge on any atom is 0.222 e. The van der Waals surface area contributed by atoms with Crippen LogP contribution < -0.4 is 10.6 Å².